The molecule has 0 atom stereocenters. The van der Waals surface area contributed by atoms with E-state index in [2.05, 4.69) is 6.58 Å². The highest BCUT2D eigenvalue weighted by Crippen LogP contribution is 2.31. The molecule has 0 radical (unpaired) electrons. The van der Waals surface area contributed by atoms with Crippen molar-refractivity contribution in [1.29, 1.82) is 0 Å². The second kappa shape index (κ2) is 5.10. The number of fused-ring (bicyclic) bond motifs is 1. The molecule has 1 aromatic heterocycles. The molecule has 0 saturated carbocycles. The van der Waals surface area contributed by atoms with Gasteiger partial charge in [-0.05, 0) is 44.0 Å². The summed E-state index contributed by atoms with van der Waals surface area (Å²) in [6.45, 7) is 9.35. The van der Waals surface area contributed by atoms with Crippen molar-refractivity contribution in [2.75, 3.05) is 6.61 Å². The molecule has 0 aliphatic rings. The normalized spacial score (nSPS) is 10.7. The highest BCUT2D eigenvalue weighted by Gasteiger charge is 2.13. The van der Waals surface area contributed by atoms with Crippen molar-refractivity contribution in [3.63, 3.8) is 0 Å². The van der Waals surface area contributed by atoms with E-state index in [0.717, 1.165) is 16.5 Å². The quantitative estimate of drug-likeness (QED) is 0.801. The Morgan fingerprint density at radius 3 is 2.63 bits per heavy atom. The van der Waals surface area contributed by atoms with Crippen LogP contribution >= 0.6 is 11.6 Å². The maximum atomic E-state index is 11.7. The number of benzene rings is 1. The summed E-state index contributed by atoms with van der Waals surface area (Å²) in [6, 6.07) is 3.72. The molecule has 19 heavy (non-hydrogen) atoms. The van der Waals surface area contributed by atoms with Crippen molar-refractivity contribution in [2.24, 2.45) is 0 Å². The molecule has 0 bridgehead atoms. The lowest BCUT2D eigenvalue weighted by molar-refractivity contribution is 0.363. The van der Waals surface area contributed by atoms with E-state index >= 15 is 0 Å². The zero-order chi connectivity index (χ0) is 14.2. The van der Waals surface area contributed by atoms with Gasteiger partial charge in [-0.3, -0.25) is 0 Å². The van der Waals surface area contributed by atoms with Gasteiger partial charge in [-0.1, -0.05) is 18.2 Å². The summed E-state index contributed by atoms with van der Waals surface area (Å²) >= 11 is 5.72. The largest absolute Gasteiger partial charge is 0.487 e. The second-order valence-corrected chi connectivity index (χ2v) is 5.12. The number of hydrogen-bond acceptors (Lipinski definition) is 3. The van der Waals surface area contributed by atoms with E-state index in [1.54, 1.807) is 6.92 Å². The van der Waals surface area contributed by atoms with Crippen molar-refractivity contribution in [3.05, 3.63) is 50.9 Å². The number of rotatable bonds is 3. The minimum atomic E-state index is -0.316. The molecule has 0 aliphatic carbocycles. The third kappa shape index (κ3) is 2.66. The van der Waals surface area contributed by atoms with E-state index in [9.17, 15) is 4.79 Å². The van der Waals surface area contributed by atoms with Gasteiger partial charge in [-0.25, -0.2) is 4.79 Å². The van der Waals surface area contributed by atoms with Gasteiger partial charge in [-0.2, -0.15) is 0 Å². The van der Waals surface area contributed by atoms with Crippen LogP contribution in [0.2, 0.25) is 0 Å². The van der Waals surface area contributed by atoms with Crippen LogP contribution in [-0.4, -0.2) is 6.61 Å². The van der Waals surface area contributed by atoms with Crippen LogP contribution in [0.15, 0.2) is 33.0 Å². The number of halogens is 1. The van der Waals surface area contributed by atoms with Crippen LogP contribution in [0.25, 0.3) is 11.0 Å². The number of aryl methyl sites for hydroxylation is 2. The molecule has 3 nitrogen and oxygen atoms in total. The van der Waals surface area contributed by atoms with Crippen molar-refractivity contribution < 1.29 is 9.15 Å². The van der Waals surface area contributed by atoms with Crippen molar-refractivity contribution in [2.45, 2.75) is 20.8 Å². The number of ether oxygens (including phenoxy) is 1. The van der Waals surface area contributed by atoms with Gasteiger partial charge < -0.3 is 9.15 Å². The first kappa shape index (κ1) is 13.7. The molecule has 0 saturated heterocycles. The predicted octanol–water partition coefficient (Wildman–Crippen LogP) is 3.85. The first-order valence-corrected chi connectivity index (χ1v) is 6.28. The van der Waals surface area contributed by atoms with Gasteiger partial charge in [0.25, 0.3) is 0 Å². The van der Waals surface area contributed by atoms with Crippen LogP contribution in [0, 0.1) is 20.8 Å². The van der Waals surface area contributed by atoms with Crippen LogP contribution in [-0.2, 0) is 0 Å². The SMILES string of the molecule is C=C(Cl)COc1cc(C)cc2oc(=O)c(C)c(C)c12. The molecule has 100 valence electrons. The molecule has 2 rings (SSSR count). The van der Waals surface area contributed by atoms with E-state index in [1.807, 2.05) is 26.0 Å². The average molecular weight is 279 g/mol. The van der Waals surface area contributed by atoms with Crippen molar-refractivity contribution in [3.8, 4) is 5.75 Å². The average Bonchev–Trinajstić information content (AvgIpc) is 2.32. The van der Waals surface area contributed by atoms with E-state index < -0.39 is 0 Å². The molecular formula is C15H15ClO3. The maximum Gasteiger partial charge on any atom is 0.339 e. The summed E-state index contributed by atoms with van der Waals surface area (Å²) in [5.74, 6) is 0.654. The first-order chi connectivity index (χ1) is 8.90. The third-order valence-electron chi connectivity index (χ3n) is 3.04. The van der Waals surface area contributed by atoms with Crippen molar-refractivity contribution in [1.82, 2.24) is 0 Å². The zero-order valence-corrected chi connectivity index (χ0v) is 11.9. The zero-order valence-electron chi connectivity index (χ0n) is 11.2. The molecule has 0 N–H and O–H groups in total. The summed E-state index contributed by atoms with van der Waals surface area (Å²) in [7, 11) is 0. The molecule has 0 fully saturated rings. The second-order valence-electron chi connectivity index (χ2n) is 4.58. The summed E-state index contributed by atoms with van der Waals surface area (Å²) in [6.07, 6.45) is 0. The minimum Gasteiger partial charge on any atom is -0.487 e. The molecular weight excluding hydrogens is 264 g/mol. The Bertz CT molecular complexity index is 713. The fourth-order valence-electron chi connectivity index (χ4n) is 1.96. The van der Waals surface area contributed by atoms with Gasteiger partial charge in [0.05, 0.1) is 5.39 Å². The van der Waals surface area contributed by atoms with Crippen LogP contribution in [0.1, 0.15) is 16.7 Å². The van der Waals surface area contributed by atoms with Crippen LogP contribution in [0.3, 0.4) is 0 Å². The fraction of sp³-hybridized carbons (Fsp3) is 0.267. The monoisotopic (exact) mass is 278 g/mol. The summed E-state index contributed by atoms with van der Waals surface area (Å²) < 4.78 is 11.0. The molecule has 1 aromatic carbocycles. The molecule has 0 amide bonds. The Morgan fingerprint density at radius 2 is 2.00 bits per heavy atom. The smallest absolute Gasteiger partial charge is 0.339 e. The van der Waals surface area contributed by atoms with Gasteiger partial charge in [0.2, 0.25) is 0 Å². The Morgan fingerprint density at radius 1 is 1.32 bits per heavy atom. The van der Waals surface area contributed by atoms with Gasteiger partial charge in [0.15, 0.2) is 0 Å². The summed E-state index contributed by atoms with van der Waals surface area (Å²) in [5, 5.41) is 1.22. The predicted molar refractivity (Wildman–Crippen MR) is 77.2 cm³/mol. The van der Waals surface area contributed by atoms with Gasteiger partial charge in [0.1, 0.15) is 17.9 Å². The molecule has 4 heteroatoms. The van der Waals surface area contributed by atoms with Crippen LogP contribution in [0.5, 0.6) is 5.75 Å². The Labute approximate surface area is 116 Å². The highest BCUT2D eigenvalue weighted by molar-refractivity contribution is 6.29. The van der Waals surface area contributed by atoms with E-state index in [1.165, 1.54) is 0 Å². The van der Waals surface area contributed by atoms with E-state index in [0.29, 0.717) is 21.9 Å². The summed E-state index contributed by atoms with van der Waals surface area (Å²) in [5.41, 5.74) is 2.62. The summed E-state index contributed by atoms with van der Waals surface area (Å²) in [4.78, 5) is 11.7. The Hall–Kier alpha value is -1.74. The van der Waals surface area contributed by atoms with E-state index in [-0.39, 0.29) is 12.2 Å². The molecule has 0 unspecified atom stereocenters. The van der Waals surface area contributed by atoms with Crippen molar-refractivity contribution >= 4 is 22.6 Å². The standard InChI is InChI=1S/C15H15ClO3/c1-8-5-12(18-7-9(2)16)14-10(3)11(4)15(17)19-13(14)6-8/h5-6H,2,7H2,1,3-4H3. The first-order valence-electron chi connectivity index (χ1n) is 5.91. The lowest BCUT2D eigenvalue weighted by Gasteiger charge is -2.12. The molecule has 0 aliphatic heterocycles. The minimum absolute atomic E-state index is 0.220. The topological polar surface area (TPSA) is 39.4 Å². The number of hydrogen-bond donors (Lipinski definition) is 0. The molecule has 1 heterocycles. The molecule has 2 aromatic rings. The Balaban J connectivity index is 2.71. The van der Waals surface area contributed by atoms with Crippen LogP contribution < -0.4 is 10.4 Å². The van der Waals surface area contributed by atoms with Gasteiger partial charge in [0, 0.05) is 10.6 Å². The highest BCUT2D eigenvalue weighted by atomic mass is 35.5. The van der Waals surface area contributed by atoms with Crippen LogP contribution in [0.4, 0.5) is 0 Å². The Kier molecular flexibility index (Phi) is 3.67. The fourth-order valence-corrected chi connectivity index (χ4v) is 2.01. The molecule has 0 spiro atoms. The van der Waals surface area contributed by atoms with Gasteiger partial charge >= 0.3 is 5.63 Å². The maximum absolute atomic E-state index is 11.7. The van der Waals surface area contributed by atoms with E-state index in [4.69, 9.17) is 20.8 Å². The lowest BCUT2D eigenvalue weighted by atomic mass is 10.0. The van der Waals surface area contributed by atoms with Gasteiger partial charge in [-0.15, -0.1) is 0 Å². The third-order valence-corrected chi connectivity index (χ3v) is 3.15. The lowest BCUT2D eigenvalue weighted by Crippen LogP contribution is -2.07.